The van der Waals surface area contributed by atoms with Crippen molar-refractivity contribution in [3.05, 3.63) is 54.1 Å². The first-order chi connectivity index (χ1) is 11.8. The SMILES string of the molecule is Nc1c(NCCc2ccc3c(c2)CCO3)ncnc1-n1cccn1. The maximum atomic E-state index is 6.16. The minimum atomic E-state index is 0.489. The van der Waals surface area contributed by atoms with E-state index >= 15 is 0 Å². The summed E-state index contributed by atoms with van der Waals surface area (Å²) in [5.74, 6) is 2.21. The summed E-state index contributed by atoms with van der Waals surface area (Å²) in [5, 5.41) is 7.44. The Kier molecular flexibility index (Phi) is 3.74. The van der Waals surface area contributed by atoms with Crippen LogP contribution in [0.3, 0.4) is 0 Å². The van der Waals surface area contributed by atoms with Gasteiger partial charge >= 0.3 is 0 Å². The van der Waals surface area contributed by atoms with Crippen LogP contribution in [-0.4, -0.2) is 32.9 Å². The molecule has 3 heterocycles. The molecule has 0 atom stereocenters. The highest BCUT2D eigenvalue weighted by Gasteiger charge is 2.12. The average molecular weight is 322 g/mol. The summed E-state index contributed by atoms with van der Waals surface area (Å²) in [6.45, 7) is 1.52. The predicted molar refractivity (Wildman–Crippen MR) is 91.4 cm³/mol. The lowest BCUT2D eigenvalue weighted by atomic mass is 10.1. The molecule has 0 unspecified atom stereocenters. The van der Waals surface area contributed by atoms with Gasteiger partial charge in [0.15, 0.2) is 11.6 Å². The molecule has 0 aliphatic carbocycles. The Bertz CT molecular complexity index is 846. The van der Waals surface area contributed by atoms with E-state index in [1.165, 1.54) is 17.5 Å². The first-order valence-corrected chi connectivity index (χ1v) is 7.90. The van der Waals surface area contributed by atoms with Crippen molar-refractivity contribution in [2.24, 2.45) is 0 Å². The van der Waals surface area contributed by atoms with Gasteiger partial charge in [-0.2, -0.15) is 5.10 Å². The van der Waals surface area contributed by atoms with Gasteiger partial charge < -0.3 is 15.8 Å². The highest BCUT2D eigenvalue weighted by Crippen LogP contribution is 2.26. The normalized spacial score (nSPS) is 12.7. The third-order valence-electron chi connectivity index (χ3n) is 4.04. The van der Waals surface area contributed by atoms with Crippen LogP contribution in [0.25, 0.3) is 5.82 Å². The third-order valence-corrected chi connectivity index (χ3v) is 4.04. The predicted octanol–water partition coefficient (Wildman–Crippen LogP) is 1.83. The van der Waals surface area contributed by atoms with Crippen molar-refractivity contribution in [2.75, 3.05) is 24.2 Å². The number of benzene rings is 1. The van der Waals surface area contributed by atoms with Gasteiger partial charge in [-0.05, 0) is 29.7 Å². The molecule has 0 amide bonds. The van der Waals surface area contributed by atoms with Crippen LogP contribution in [0.15, 0.2) is 43.0 Å². The Morgan fingerprint density at radius 3 is 3.12 bits per heavy atom. The zero-order valence-corrected chi connectivity index (χ0v) is 13.1. The lowest BCUT2D eigenvalue weighted by molar-refractivity contribution is 0.357. The van der Waals surface area contributed by atoms with E-state index in [1.54, 1.807) is 17.1 Å². The summed E-state index contributed by atoms with van der Waals surface area (Å²) >= 11 is 0. The Labute approximate surface area is 139 Å². The monoisotopic (exact) mass is 322 g/mol. The highest BCUT2D eigenvalue weighted by molar-refractivity contribution is 5.68. The number of anilines is 2. The summed E-state index contributed by atoms with van der Waals surface area (Å²) in [6, 6.07) is 8.19. The van der Waals surface area contributed by atoms with Crippen molar-refractivity contribution in [2.45, 2.75) is 12.8 Å². The summed E-state index contributed by atoms with van der Waals surface area (Å²) in [7, 11) is 0. The maximum Gasteiger partial charge on any atom is 0.181 e. The Balaban J connectivity index is 1.44. The summed E-state index contributed by atoms with van der Waals surface area (Å²) < 4.78 is 7.16. The van der Waals surface area contributed by atoms with Gasteiger partial charge in [0.25, 0.3) is 0 Å². The number of hydrogen-bond acceptors (Lipinski definition) is 6. The van der Waals surface area contributed by atoms with Gasteiger partial charge in [-0.25, -0.2) is 14.6 Å². The summed E-state index contributed by atoms with van der Waals surface area (Å²) in [5.41, 5.74) is 9.21. The first-order valence-electron chi connectivity index (χ1n) is 7.90. The van der Waals surface area contributed by atoms with Crippen molar-refractivity contribution in [1.82, 2.24) is 19.7 Å². The van der Waals surface area contributed by atoms with Crippen LogP contribution in [0.5, 0.6) is 5.75 Å². The molecule has 0 bridgehead atoms. The van der Waals surface area contributed by atoms with Crippen molar-refractivity contribution >= 4 is 11.5 Å². The van der Waals surface area contributed by atoms with E-state index in [-0.39, 0.29) is 0 Å². The van der Waals surface area contributed by atoms with Gasteiger partial charge in [0, 0.05) is 25.4 Å². The lowest BCUT2D eigenvalue weighted by Crippen LogP contribution is -2.12. The van der Waals surface area contributed by atoms with Gasteiger partial charge in [-0.1, -0.05) is 12.1 Å². The molecule has 122 valence electrons. The lowest BCUT2D eigenvalue weighted by Gasteiger charge is -2.11. The fraction of sp³-hybridized carbons (Fsp3) is 0.235. The molecule has 1 aliphatic heterocycles. The third kappa shape index (κ3) is 2.76. The molecule has 0 radical (unpaired) electrons. The van der Waals surface area contributed by atoms with Crippen LogP contribution in [0, 0.1) is 0 Å². The highest BCUT2D eigenvalue weighted by atomic mass is 16.5. The van der Waals surface area contributed by atoms with Crippen LogP contribution in [-0.2, 0) is 12.8 Å². The number of rotatable bonds is 5. The molecule has 3 aromatic rings. The number of nitrogens with two attached hydrogens (primary N) is 1. The number of nitrogens with zero attached hydrogens (tertiary/aromatic N) is 4. The molecule has 1 aliphatic rings. The number of nitrogen functional groups attached to an aromatic ring is 1. The Hall–Kier alpha value is -3.09. The second-order valence-electron chi connectivity index (χ2n) is 5.63. The number of fused-ring (bicyclic) bond motifs is 1. The Morgan fingerprint density at radius 1 is 1.29 bits per heavy atom. The van der Waals surface area contributed by atoms with Crippen molar-refractivity contribution < 1.29 is 4.74 Å². The van der Waals surface area contributed by atoms with E-state index in [0.717, 1.165) is 31.7 Å². The van der Waals surface area contributed by atoms with E-state index in [9.17, 15) is 0 Å². The molecular formula is C17H18N6O. The summed E-state index contributed by atoms with van der Waals surface area (Å²) in [4.78, 5) is 8.43. The maximum absolute atomic E-state index is 6.16. The first kappa shape index (κ1) is 14.5. The fourth-order valence-electron chi connectivity index (χ4n) is 2.82. The molecule has 0 fully saturated rings. The van der Waals surface area contributed by atoms with Crippen LogP contribution in [0.2, 0.25) is 0 Å². The summed E-state index contributed by atoms with van der Waals surface area (Å²) in [6.07, 6.45) is 6.85. The molecule has 3 N–H and O–H groups in total. The van der Waals surface area contributed by atoms with Crippen molar-refractivity contribution in [1.29, 1.82) is 0 Å². The van der Waals surface area contributed by atoms with E-state index in [4.69, 9.17) is 10.5 Å². The second kappa shape index (κ2) is 6.19. The number of hydrogen-bond donors (Lipinski definition) is 2. The van der Waals surface area contributed by atoms with Gasteiger partial charge in [0.05, 0.1) is 6.61 Å². The molecule has 2 aromatic heterocycles. The van der Waals surface area contributed by atoms with Crippen LogP contribution in [0.1, 0.15) is 11.1 Å². The fourth-order valence-corrected chi connectivity index (χ4v) is 2.82. The minimum Gasteiger partial charge on any atom is -0.493 e. The zero-order chi connectivity index (χ0) is 16.4. The molecule has 4 rings (SSSR count). The molecular weight excluding hydrogens is 304 g/mol. The van der Waals surface area contributed by atoms with Gasteiger partial charge in [-0.3, -0.25) is 0 Å². The van der Waals surface area contributed by atoms with Crippen LogP contribution in [0.4, 0.5) is 11.5 Å². The van der Waals surface area contributed by atoms with Gasteiger partial charge in [0.2, 0.25) is 0 Å². The van der Waals surface area contributed by atoms with Crippen LogP contribution >= 0.6 is 0 Å². The minimum absolute atomic E-state index is 0.489. The van der Waals surface area contributed by atoms with Gasteiger partial charge in [-0.15, -0.1) is 0 Å². The van der Waals surface area contributed by atoms with Crippen molar-refractivity contribution in [3.63, 3.8) is 0 Å². The van der Waals surface area contributed by atoms with Crippen LogP contribution < -0.4 is 15.8 Å². The van der Waals surface area contributed by atoms with E-state index < -0.39 is 0 Å². The van der Waals surface area contributed by atoms with E-state index in [2.05, 4.69) is 32.5 Å². The quantitative estimate of drug-likeness (QED) is 0.745. The number of ether oxygens (including phenoxy) is 1. The standard InChI is InChI=1S/C17H18N6O/c18-15-16(20-11-21-17(15)23-8-1-6-22-23)19-7-4-12-2-3-14-13(10-12)5-9-24-14/h1-3,6,8,10-11H,4-5,7,9,18H2,(H,19,20,21). The Morgan fingerprint density at radius 2 is 2.25 bits per heavy atom. The number of aromatic nitrogens is 4. The van der Waals surface area contributed by atoms with E-state index in [0.29, 0.717) is 17.3 Å². The molecule has 7 heteroatoms. The number of nitrogens with one attached hydrogen (secondary N) is 1. The zero-order valence-electron chi connectivity index (χ0n) is 13.1. The smallest absolute Gasteiger partial charge is 0.181 e. The second-order valence-corrected chi connectivity index (χ2v) is 5.63. The molecule has 0 spiro atoms. The van der Waals surface area contributed by atoms with Gasteiger partial charge in [0.1, 0.15) is 17.8 Å². The molecule has 24 heavy (non-hydrogen) atoms. The molecule has 7 nitrogen and oxygen atoms in total. The largest absolute Gasteiger partial charge is 0.493 e. The molecule has 1 aromatic carbocycles. The van der Waals surface area contributed by atoms with Crippen molar-refractivity contribution in [3.8, 4) is 11.6 Å². The van der Waals surface area contributed by atoms with E-state index in [1.807, 2.05) is 12.1 Å². The molecule has 0 saturated carbocycles. The molecule has 0 saturated heterocycles. The average Bonchev–Trinajstić information content (AvgIpc) is 3.27. The topological polar surface area (TPSA) is 90.9 Å².